The Bertz CT molecular complexity index is 540. The van der Waals surface area contributed by atoms with Gasteiger partial charge in [-0.3, -0.25) is 9.78 Å². The van der Waals surface area contributed by atoms with Gasteiger partial charge in [0.1, 0.15) is 0 Å². The van der Waals surface area contributed by atoms with Crippen LogP contribution in [-0.4, -0.2) is 16.1 Å². The number of nitrogens with zero attached hydrogens (tertiary/aromatic N) is 1. The van der Waals surface area contributed by atoms with Crippen molar-refractivity contribution < 1.29 is 9.90 Å². The van der Waals surface area contributed by atoms with E-state index in [2.05, 4.69) is 10.3 Å². The lowest BCUT2D eigenvalue weighted by Crippen LogP contribution is -2.23. The number of nitrogens with one attached hydrogen (secondary N) is 1. The first-order chi connectivity index (χ1) is 9.15. The summed E-state index contributed by atoms with van der Waals surface area (Å²) in [5.41, 5.74) is 3.91. The summed E-state index contributed by atoms with van der Waals surface area (Å²) in [7, 11) is 0. The minimum atomic E-state index is -0.802. The molecule has 5 heteroatoms. The highest BCUT2D eigenvalue weighted by atomic mass is 32.1. The lowest BCUT2D eigenvalue weighted by molar-refractivity contribution is -0.137. The van der Waals surface area contributed by atoms with E-state index < -0.39 is 5.97 Å². The van der Waals surface area contributed by atoms with Crippen molar-refractivity contribution in [3.8, 4) is 0 Å². The number of carboxylic acid groups (broad SMARTS) is 1. The third-order valence-electron chi connectivity index (χ3n) is 2.83. The molecule has 1 aromatic carbocycles. The normalized spacial score (nSPS) is 12.3. The lowest BCUT2D eigenvalue weighted by Gasteiger charge is -2.17. The number of aryl methyl sites for hydroxylation is 1. The third-order valence-corrected chi connectivity index (χ3v) is 3.61. The highest BCUT2D eigenvalue weighted by molar-refractivity contribution is 7.09. The van der Waals surface area contributed by atoms with Crippen LogP contribution >= 0.6 is 11.3 Å². The second-order valence-corrected chi connectivity index (χ2v) is 5.38. The van der Waals surface area contributed by atoms with Crippen molar-refractivity contribution in [3.63, 3.8) is 0 Å². The Morgan fingerprint density at radius 2 is 2.37 bits per heavy atom. The minimum Gasteiger partial charge on any atom is -0.481 e. The summed E-state index contributed by atoms with van der Waals surface area (Å²) in [5.74, 6) is -0.802. The Morgan fingerprint density at radius 1 is 1.53 bits per heavy atom. The Balaban J connectivity index is 2.09. The standard InChI is InChI=1S/C14H16N2O2S/c1-10-3-2-4-11(5-10)13(6-14(17)18)16-8-12-7-15-9-19-12/h2-5,7,9,13,16H,6,8H2,1H3,(H,17,18). The van der Waals surface area contributed by atoms with Crippen LogP contribution in [0, 0.1) is 6.92 Å². The monoisotopic (exact) mass is 276 g/mol. The molecule has 1 atom stereocenters. The topological polar surface area (TPSA) is 62.2 Å². The molecule has 2 rings (SSSR count). The molecule has 100 valence electrons. The summed E-state index contributed by atoms with van der Waals surface area (Å²) in [4.78, 5) is 16.1. The summed E-state index contributed by atoms with van der Waals surface area (Å²) in [6, 6.07) is 7.76. The highest BCUT2D eigenvalue weighted by Crippen LogP contribution is 2.19. The van der Waals surface area contributed by atoms with Gasteiger partial charge in [-0.25, -0.2) is 0 Å². The second kappa shape index (κ2) is 6.45. The maximum absolute atomic E-state index is 11.0. The number of carboxylic acids is 1. The van der Waals surface area contributed by atoms with Crippen molar-refractivity contribution in [3.05, 3.63) is 52.0 Å². The number of aromatic nitrogens is 1. The molecule has 1 heterocycles. The summed E-state index contributed by atoms with van der Waals surface area (Å²) < 4.78 is 0. The molecule has 2 N–H and O–H groups in total. The Kier molecular flexibility index (Phi) is 4.65. The Labute approximate surface area is 116 Å². The molecule has 0 radical (unpaired) electrons. The number of hydrogen-bond acceptors (Lipinski definition) is 4. The van der Waals surface area contributed by atoms with Crippen molar-refractivity contribution in [2.75, 3.05) is 0 Å². The smallest absolute Gasteiger partial charge is 0.305 e. The van der Waals surface area contributed by atoms with E-state index in [1.165, 1.54) is 0 Å². The van der Waals surface area contributed by atoms with Crippen LogP contribution in [0.25, 0.3) is 0 Å². The average Bonchev–Trinajstić information content (AvgIpc) is 2.87. The van der Waals surface area contributed by atoms with Crippen molar-refractivity contribution >= 4 is 17.3 Å². The summed E-state index contributed by atoms with van der Waals surface area (Å²) in [6.07, 6.45) is 1.87. The zero-order valence-corrected chi connectivity index (χ0v) is 11.5. The summed E-state index contributed by atoms with van der Waals surface area (Å²) >= 11 is 1.56. The number of benzene rings is 1. The molecule has 0 fully saturated rings. The quantitative estimate of drug-likeness (QED) is 0.851. The largest absolute Gasteiger partial charge is 0.481 e. The fourth-order valence-electron chi connectivity index (χ4n) is 1.92. The van der Waals surface area contributed by atoms with E-state index in [-0.39, 0.29) is 12.5 Å². The first-order valence-electron chi connectivity index (χ1n) is 6.04. The highest BCUT2D eigenvalue weighted by Gasteiger charge is 2.15. The zero-order chi connectivity index (χ0) is 13.7. The lowest BCUT2D eigenvalue weighted by atomic mass is 10.0. The summed E-state index contributed by atoms with van der Waals surface area (Å²) in [6.45, 7) is 2.64. The van der Waals surface area contributed by atoms with Gasteiger partial charge in [0.05, 0.1) is 11.9 Å². The minimum absolute atomic E-state index is 0.0717. The molecule has 4 nitrogen and oxygen atoms in total. The van der Waals surface area contributed by atoms with Crippen molar-refractivity contribution in [1.29, 1.82) is 0 Å². The second-order valence-electron chi connectivity index (χ2n) is 4.41. The molecule has 0 spiro atoms. The van der Waals surface area contributed by atoms with Gasteiger partial charge in [0, 0.05) is 23.7 Å². The van der Waals surface area contributed by atoms with E-state index in [9.17, 15) is 4.79 Å². The fraction of sp³-hybridized carbons (Fsp3) is 0.286. The predicted octanol–water partition coefficient (Wildman–Crippen LogP) is 2.76. The molecular weight excluding hydrogens is 260 g/mol. The molecule has 0 saturated heterocycles. The molecule has 1 aromatic heterocycles. The zero-order valence-electron chi connectivity index (χ0n) is 10.7. The van der Waals surface area contributed by atoms with Crippen molar-refractivity contribution in [1.82, 2.24) is 10.3 Å². The van der Waals surface area contributed by atoms with Gasteiger partial charge < -0.3 is 10.4 Å². The van der Waals surface area contributed by atoms with Gasteiger partial charge >= 0.3 is 5.97 Å². The first kappa shape index (κ1) is 13.7. The number of rotatable bonds is 6. The van der Waals surface area contributed by atoms with E-state index >= 15 is 0 Å². The van der Waals surface area contributed by atoms with Crippen LogP contribution in [0.2, 0.25) is 0 Å². The Morgan fingerprint density at radius 3 is 3.00 bits per heavy atom. The van der Waals surface area contributed by atoms with Crippen molar-refractivity contribution in [2.45, 2.75) is 25.9 Å². The van der Waals surface area contributed by atoms with E-state index in [0.717, 1.165) is 16.0 Å². The molecule has 0 aliphatic heterocycles. The first-order valence-corrected chi connectivity index (χ1v) is 6.92. The van der Waals surface area contributed by atoms with Gasteiger partial charge in [-0.15, -0.1) is 11.3 Å². The molecule has 0 aliphatic rings. The number of aliphatic carboxylic acids is 1. The van der Waals surface area contributed by atoms with Gasteiger partial charge in [0.2, 0.25) is 0 Å². The molecular formula is C14H16N2O2S. The molecule has 0 amide bonds. The summed E-state index contributed by atoms with van der Waals surface area (Å²) in [5, 5.41) is 12.3. The van der Waals surface area contributed by atoms with Crippen LogP contribution in [0.4, 0.5) is 0 Å². The van der Waals surface area contributed by atoms with Gasteiger partial charge in [0.25, 0.3) is 0 Å². The molecule has 19 heavy (non-hydrogen) atoms. The molecule has 1 unspecified atom stereocenters. The molecule has 0 saturated carbocycles. The maximum atomic E-state index is 11.0. The SMILES string of the molecule is Cc1cccc(C(CC(=O)O)NCc2cncs2)c1. The van der Waals surface area contributed by atoms with E-state index in [1.54, 1.807) is 23.0 Å². The van der Waals surface area contributed by atoms with E-state index in [0.29, 0.717) is 6.54 Å². The van der Waals surface area contributed by atoms with Crippen LogP contribution in [0.1, 0.15) is 28.5 Å². The van der Waals surface area contributed by atoms with E-state index in [1.807, 2.05) is 31.2 Å². The molecule has 0 aliphatic carbocycles. The number of hydrogen-bond donors (Lipinski definition) is 2. The van der Waals surface area contributed by atoms with Gasteiger partial charge in [-0.2, -0.15) is 0 Å². The number of carbonyl (C=O) groups is 1. The average molecular weight is 276 g/mol. The van der Waals surface area contributed by atoms with E-state index in [4.69, 9.17) is 5.11 Å². The van der Waals surface area contributed by atoms with Crippen LogP contribution < -0.4 is 5.32 Å². The fourth-order valence-corrected chi connectivity index (χ4v) is 2.47. The van der Waals surface area contributed by atoms with Gasteiger partial charge in [0.15, 0.2) is 0 Å². The van der Waals surface area contributed by atoms with Crippen LogP contribution in [0.15, 0.2) is 36.0 Å². The molecule has 0 bridgehead atoms. The van der Waals surface area contributed by atoms with Crippen molar-refractivity contribution in [2.24, 2.45) is 0 Å². The maximum Gasteiger partial charge on any atom is 0.305 e. The van der Waals surface area contributed by atoms with Gasteiger partial charge in [-0.1, -0.05) is 29.8 Å². The third kappa shape index (κ3) is 4.15. The van der Waals surface area contributed by atoms with Crippen LogP contribution in [0.5, 0.6) is 0 Å². The number of thiazole rings is 1. The molecule has 2 aromatic rings. The van der Waals surface area contributed by atoms with Crippen LogP contribution in [-0.2, 0) is 11.3 Å². The van der Waals surface area contributed by atoms with Gasteiger partial charge in [-0.05, 0) is 12.5 Å². The predicted molar refractivity (Wildman–Crippen MR) is 75.1 cm³/mol. The Hall–Kier alpha value is -1.72. The van der Waals surface area contributed by atoms with Crippen LogP contribution in [0.3, 0.4) is 0 Å².